The molecule has 0 aliphatic heterocycles. The molecule has 0 spiro atoms. The second-order valence-electron chi connectivity index (χ2n) is 5.95. The minimum absolute atomic E-state index is 0.544. The van der Waals surface area contributed by atoms with Crippen LogP contribution in [0.5, 0.6) is 0 Å². The van der Waals surface area contributed by atoms with E-state index in [0.717, 1.165) is 18.7 Å². The van der Waals surface area contributed by atoms with E-state index in [0.29, 0.717) is 11.3 Å². The number of hydrogen-bond donors (Lipinski definition) is 1. The van der Waals surface area contributed by atoms with E-state index in [4.69, 9.17) is 4.74 Å². The number of aliphatic carboxylic acids is 1. The highest BCUT2D eigenvalue weighted by molar-refractivity contribution is 14.1. The van der Waals surface area contributed by atoms with Crippen LogP contribution in [0, 0.1) is 17.4 Å². The van der Waals surface area contributed by atoms with Gasteiger partial charge in [0.05, 0.1) is 5.60 Å². The Hall–Kier alpha value is -0.730. The molecule has 1 unspecified atom stereocenters. The van der Waals surface area contributed by atoms with Gasteiger partial charge in [-0.2, -0.15) is 0 Å². The van der Waals surface area contributed by atoms with Gasteiger partial charge >= 0.3 is 5.97 Å². The molecule has 0 aliphatic carbocycles. The average molecular weight is 419 g/mol. The van der Waals surface area contributed by atoms with Gasteiger partial charge in [0.2, 0.25) is 0 Å². The predicted octanol–water partition coefficient (Wildman–Crippen LogP) is 4.46. The Labute approximate surface area is 141 Å². The van der Waals surface area contributed by atoms with Crippen molar-refractivity contribution in [3.63, 3.8) is 0 Å². The molecular formula is C15H18INO3S. The first-order valence-corrected chi connectivity index (χ1v) is 8.46. The SMILES string of the molecule is Cc1cc2c(I)c(C(OC(C)(C)C)C(=O)O)c(C)nc2s1. The summed E-state index contributed by atoms with van der Waals surface area (Å²) in [4.78, 5) is 18.3. The standard InChI is InChI=1S/C15H18INO3S/c1-7-6-9-11(16)10(8(2)17-13(9)21-7)12(14(18)19)20-15(3,4)5/h6,12H,1-5H3,(H,18,19). The van der Waals surface area contributed by atoms with Crippen molar-refractivity contribution < 1.29 is 14.6 Å². The summed E-state index contributed by atoms with van der Waals surface area (Å²) in [5, 5.41) is 10.6. The van der Waals surface area contributed by atoms with Crippen LogP contribution in [-0.4, -0.2) is 21.7 Å². The molecule has 2 rings (SSSR count). The monoisotopic (exact) mass is 419 g/mol. The fourth-order valence-electron chi connectivity index (χ4n) is 2.15. The number of carboxylic acids is 1. The van der Waals surface area contributed by atoms with Crippen molar-refractivity contribution in [2.75, 3.05) is 0 Å². The van der Waals surface area contributed by atoms with E-state index in [2.05, 4.69) is 27.6 Å². The smallest absolute Gasteiger partial charge is 0.337 e. The number of carboxylic acid groups (broad SMARTS) is 1. The van der Waals surface area contributed by atoms with E-state index < -0.39 is 17.7 Å². The van der Waals surface area contributed by atoms with Gasteiger partial charge in [-0.05, 0) is 63.3 Å². The molecule has 0 aromatic carbocycles. The Balaban J connectivity index is 2.64. The van der Waals surface area contributed by atoms with E-state index in [1.165, 1.54) is 0 Å². The first-order valence-electron chi connectivity index (χ1n) is 6.57. The number of rotatable bonds is 3. The fraction of sp³-hybridized carbons (Fsp3) is 0.467. The highest BCUT2D eigenvalue weighted by atomic mass is 127. The summed E-state index contributed by atoms with van der Waals surface area (Å²) in [6.45, 7) is 9.43. The number of aryl methyl sites for hydroxylation is 2. The Morgan fingerprint density at radius 1 is 1.43 bits per heavy atom. The zero-order valence-corrected chi connectivity index (χ0v) is 15.6. The minimum Gasteiger partial charge on any atom is -0.479 e. The normalized spacial score (nSPS) is 13.6. The van der Waals surface area contributed by atoms with Crippen molar-refractivity contribution in [2.45, 2.75) is 46.3 Å². The zero-order chi connectivity index (χ0) is 15.9. The molecule has 1 N–H and O–H groups in total. The maximum atomic E-state index is 11.7. The van der Waals surface area contributed by atoms with Crippen molar-refractivity contribution in [3.05, 3.63) is 25.8 Å². The molecule has 0 saturated carbocycles. The lowest BCUT2D eigenvalue weighted by Gasteiger charge is -2.26. The van der Waals surface area contributed by atoms with E-state index in [1.54, 1.807) is 11.3 Å². The van der Waals surface area contributed by atoms with Crippen molar-refractivity contribution in [3.8, 4) is 0 Å². The van der Waals surface area contributed by atoms with Gasteiger partial charge in [-0.15, -0.1) is 11.3 Å². The van der Waals surface area contributed by atoms with E-state index in [-0.39, 0.29) is 0 Å². The maximum Gasteiger partial charge on any atom is 0.337 e. The van der Waals surface area contributed by atoms with Gasteiger partial charge < -0.3 is 9.84 Å². The highest BCUT2D eigenvalue weighted by Crippen LogP contribution is 2.36. The summed E-state index contributed by atoms with van der Waals surface area (Å²) in [7, 11) is 0. The average Bonchev–Trinajstić information content (AvgIpc) is 2.66. The van der Waals surface area contributed by atoms with Crippen LogP contribution in [0.2, 0.25) is 0 Å². The fourth-order valence-corrected chi connectivity index (χ4v) is 4.35. The van der Waals surface area contributed by atoms with E-state index in [1.807, 2.05) is 40.7 Å². The maximum absolute atomic E-state index is 11.7. The summed E-state index contributed by atoms with van der Waals surface area (Å²) >= 11 is 3.82. The number of nitrogens with zero attached hydrogens (tertiary/aromatic N) is 1. The number of pyridine rings is 1. The molecule has 2 aromatic heterocycles. The lowest BCUT2D eigenvalue weighted by atomic mass is 10.0. The lowest BCUT2D eigenvalue weighted by Crippen LogP contribution is -2.28. The molecule has 4 nitrogen and oxygen atoms in total. The molecule has 2 heterocycles. The van der Waals surface area contributed by atoms with Crippen LogP contribution >= 0.6 is 33.9 Å². The van der Waals surface area contributed by atoms with Crippen LogP contribution in [0.1, 0.15) is 43.0 Å². The third-order valence-electron chi connectivity index (χ3n) is 2.93. The van der Waals surface area contributed by atoms with E-state index in [9.17, 15) is 9.90 Å². The summed E-state index contributed by atoms with van der Waals surface area (Å²) < 4.78 is 6.67. The number of ether oxygens (including phenoxy) is 1. The van der Waals surface area contributed by atoms with Crippen molar-refractivity contribution >= 4 is 50.1 Å². The number of halogens is 1. The molecule has 0 amide bonds. The van der Waals surface area contributed by atoms with Crippen LogP contribution in [0.4, 0.5) is 0 Å². The molecule has 0 bridgehead atoms. The van der Waals surface area contributed by atoms with Crippen LogP contribution in [0.3, 0.4) is 0 Å². The van der Waals surface area contributed by atoms with Crippen LogP contribution < -0.4 is 0 Å². The Morgan fingerprint density at radius 2 is 2.05 bits per heavy atom. The lowest BCUT2D eigenvalue weighted by molar-refractivity contribution is -0.160. The molecule has 1 atom stereocenters. The predicted molar refractivity (Wildman–Crippen MR) is 93.0 cm³/mol. The molecule has 0 radical (unpaired) electrons. The quantitative estimate of drug-likeness (QED) is 0.747. The molecule has 2 aromatic rings. The first-order chi connectivity index (χ1) is 9.60. The van der Waals surface area contributed by atoms with Crippen molar-refractivity contribution in [1.82, 2.24) is 4.98 Å². The molecule has 0 saturated heterocycles. The number of fused-ring (bicyclic) bond motifs is 1. The largest absolute Gasteiger partial charge is 0.479 e. The van der Waals surface area contributed by atoms with Crippen LogP contribution in [0.15, 0.2) is 6.07 Å². The number of thiophene rings is 1. The van der Waals surface area contributed by atoms with Gasteiger partial charge in [0.1, 0.15) is 4.83 Å². The molecule has 0 aliphatic rings. The summed E-state index contributed by atoms with van der Waals surface area (Å²) in [6.07, 6.45) is -1.01. The summed E-state index contributed by atoms with van der Waals surface area (Å²) in [6, 6.07) is 2.05. The van der Waals surface area contributed by atoms with Gasteiger partial charge in [-0.3, -0.25) is 0 Å². The van der Waals surface area contributed by atoms with Gasteiger partial charge in [-0.25, -0.2) is 9.78 Å². The number of carbonyl (C=O) groups is 1. The molecule has 114 valence electrons. The number of hydrogen-bond acceptors (Lipinski definition) is 4. The van der Waals surface area contributed by atoms with Crippen molar-refractivity contribution in [2.24, 2.45) is 0 Å². The van der Waals surface area contributed by atoms with E-state index >= 15 is 0 Å². The molecule has 6 heteroatoms. The third-order valence-corrected chi connectivity index (χ3v) is 5.03. The van der Waals surface area contributed by atoms with Crippen molar-refractivity contribution in [1.29, 1.82) is 0 Å². The summed E-state index contributed by atoms with van der Waals surface area (Å²) in [5.41, 5.74) is 0.826. The zero-order valence-electron chi connectivity index (χ0n) is 12.7. The highest BCUT2D eigenvalue weighted by Gasteiger charge is 2.31. The second-order valence-corrected chi connectivity index (χ2v) is 8.26. The molecular weight excluding hydrogens is 401 g/mol. The Bertz CT molecular complexity index is 703. The summed E-state index contributed by atoms with van der Waals surface area (Å²) in [5.74, 6) is -0.987. The number of aromatic nitrogens is 1. The Morgan fingerprint density at radius 3 is 2.57 bits per heavy atom. The van der Waals surface area contributed by atoms with Gasteiger partial charge in [0.25, 0.3) is 0 Å². The van der Waals surface area contributed by atoms with Gasteiger partial charge in [-0.1, -0.05) is 0 Å². The molecule has 21 heavy (non-hydrogen) atoms. The topological polar surface area (TPSA) is 59.4 Å². The van der Waals surface area contributed by atoms with Crippen LogP contribution in [-0.2, 0) is 9.53 Å². The van der Waals surface area contributed by atoms with Crippen LogP contribution in [0.25, 0.3) is 10.2 Å². The van der Waals surface area contributed by atoms with Gasteiger partial charge in [0.15, 0.2) is 6.10 Å². The second kappa shape index (κ2) is 5.81. The Kier molecular flexibility index (Phi) is 4.60. The third kappa shape index (κ3) is 3.54. The minimum atomic E-state index is -1.01. The molecule has 0 fully saturated rings. The first kappa shape index (κ1) is 16.6. The van der Waals surface area contributed by atoms with Gasteiger partial charge in [0, 0.05) is 25.1 Å².